The third-order valence-corrected chi connectivity index (χ3v) is 4.88. The standard InChI is InChI=1S/C17H33N3O2/c1-14(2)11-16(19-7-9-22-10-8-19)12-18-17(21)13-20-6-4-5-15(20)3/h14-16H,4-13H2,1-3H3,(H,18,21). The summed E-state index contributed by atoms with van der Waals surface area (Å²) < 4.78 is 5.45. The van der Waals surface area contributed by atoms with Crippen LogP contribution in [0.2, 0.25) is 0 Å². The van der Waals surface area contributed by atoms with Crippen LogP contribution in [0.5, 0.6) is 0 Å². The number of carbonyl (C=O) groups excluding carboxylic acids is 1. The molecule has 2 aliphatic heterocycles. The first kappa shape index (κ1) is 17.7. The zero-order chi connectivity index (χ0) is 15.9. The second-order valence-electron chi connectivity index (χ2n) is 7.20. The summed E-state index contributed by atoms with van der Waals surface area (Å²) in [5.41, 5.74) is 0. The van der Waals surface area contributed by atoms with Crippen LogP contribution in [0.15, 0.2) is 0 Å². The summed E-state index contributed by atoms with van der Waals surface area (Å²) in [6.07, 6.45) is 3.57. The van der Waals surface area contributed by atoms with Crippen LogP contribution in [-0.4, -0.2) is 73.7 Å². The number of hydrogen-bond donors (Lipinski definition) is 1. The molecule has 0 bridgehead atoms. The molecule has 5 heteroatoms. The number of likely N-dealkylation sites (tertiary alicyclic amines) is 1. The van der Waals surface area contributed by atoms with E-state index in [0.29, 0.717) is 24.5 Å². The van der Waals surface area contributed by atoms with Gasteiger partial charge in [-0.15, -0.1) is 0 Å². The highest BCUT2D eigenvalue weighted by Crippen LogP contribution is 2.16. The van der Waals surface area contributed by atoms with Gasteiger partial charge >= 0.3 is 0 Å². The van der Waals surface area contributed by atoms with Crippen LogP contribution in [0.1, 0.15) is 40.0 Å². The van der Waals surface area contributed by atoms with E-state index in [4.69, 9.17) is 4.74 Å². The van der Waals surface area contributed by atoms with Gasteiger partial charge < -0.3 is 10.1 Å². The molecule has 0 saturated carbocycles. The van der Waals surface area contributed by atoms with E-state index in [0.717, 1.165) is 45.8 Å². The molecule has 0 aliphatic carbocycles. The summed E-state index contributed by atoms with van der Waals surface area (Å²) in [5.74, 6) is 0.819. The molecule has 2 saturated heterocycles. The molecule has 2 atom stereocenters. The number of carbonyl (C=O) groups is 1. The van der Waals surface area contributed by atoms with E-state index >= 15 is 0 Å². The molecule has 0 aromatic rings. The second-order valence-corrected chi connectivity index (χ2v) is 7.20. The number of nitrogens with one attached hydrogen (secondary N) is 1. The summed E-state index contributed by atoms with van der Waals surface area (Å²) >= 11 is 0. The highest BCUT2D eigenvalue weighted by atomic mass is 16.5. The SMILES string of the molecule is CC(C)CC(CNC(=O)CN1CCCC1C)N1CCOCC1. The van der Waals surface area contributed by atoms with Gasteiger partial charge in [0.1, 0.15) is 0 Å². The first-order valence-corrected chi connectivity index (χ1v) is 8.88. The van der Waals surface area contributed by atoms with Crippen molar-refractivity contribution in [1.29, 1.82) is 0 Å². The van der Waals surface area contributed by atoms with Gasteiger partial charge in [0.25, 0.3) is 0 Å². The van der Waals surface area contributed by atoms with Crippen molar-refractivity contribution in [1.82, 2.24) is 15.1 Å². The maximum Gasteiger partial charge on any atom is 0.234 e. The number of rotatable bonds is 7. The highest BCUT2D eigenvalue weighted by Gasteiger charge is 2.25. The molecule has 1 N–H and O–H groups in total. The van der Waals surface area contributed by atoms with Crippen molar-refractivity contribution < 1.29 is 9.53 Å². The van der Waals surface area contributed by atoms with Crippen LogP contribution in [0.3, 0.4) is 0 Å². The first-order chi connectivity index (χ1) is 10.6. The monoisotopic (exact) mass is 311 g/mol. The summed E-state index contributed by atoms with van der Waals surface area (Å²) in [7, 11) is 0. The Morgan fingerprint density at radius 1 is 1.27 bits per heavy atom. The van der Waals surface area contributed by atoms with Crippen molar-refractivity contribution in [2.75, 3.05) is 45.9 Å². The lowest BCUT2D eigenvalue weighted by molar-refractivity contribution is -0.122. The average molecular weight is 311 g/mol. The molecular weight excluding hydrogens is 278 g/mol. The zero-order valence-electron chi connectivity index (χ0n) is 14.5. The van der Waals surface area contributed by atoms with Crippen molar-refractivity contribution >= 4 is 5.91 Å². The molecule has 128 valence electrons. The van der Waals surface area contributed by atoms with Crippen LogP contribution in [-0.2, 0) is 9.53 Å². The smallest absolute Gasteiger partial charge is 0.234 e. The van der Waals surface area contributed by atoms with E-state index in [1.165, 1.54) is 12.8 Å². The van der Waals surface area contributed by atoms with E-state index in [2.05, 4.69) is 35.9 Å². The van der Waals surface area contributed by atoms with Gasteiger partial charge in [0.2, 0.25) is 5.91 Å². The fraction of sp³-hybridized carbons (Fsp3) is 0.941. The van der Waals surface area contributed by atoms with Crippen molar-refractivity contribution in [2.24, 2.45) is 5.92 Å². The van der Waals surface area contributed by atoms with Crippen LogP contribution in [0.25, 0.3) is 0 Å². The first-order valence-electron chi connectivity index (χ1n) is 8.88. The van der Waals surface area contributed by atoms with Crippen molar-refractivity contribution in [2.45, 2.75) is 52.1 Å². The van der Waals surface area contributed by atoms with Crippen LogP contribution in [0, 0.1) is 5.92 Å². The fourth-order valence-electron chi connectivity index (χ4n) is 3.55. The molecule has 22 heavy (non-hydrogen) atoms. The molecule has 2 aliphatic rings. The Kier molecular flexibility index (Phi) is 7.12. The lowest BCUT2D eigenvalue weighted by atomic mass is 10.0. The van der Waals surface area contributed by atoms with Gasteiger partial charge in [-0.25, -0.2) is 0 Å². The number of nitrogens with zero attached hydrogens (tertiary/aromatic N) is 2. The van der Waals surface area contributed by atoms with Crippen molar-refractivity contribution in [3.05, 3.63) is 0 Å². The Balaban J connectivity index is 1.77. The van der Waals surface area contributed by atoms with Gasteiger partial charge in [-0.2, -0.15) is 0 Å². The van der Waals surface area contributed by atoms with Crippen molar-refractivity contribution in [3.8, 4) is 0 Å². The van der Waals surface area contributed by atoms with E-state index in [1.54, 1.807) is 0 Å². The van der Waals surface area contributed by atoms with Gasteiger partial charge in [-0.05, 0) is 38.6 Å². The molecule has 0 radical (unpaired) electrons. The second kappa shape index (κ2) is 8.85. The molecule has 5 nitrogen and oxygen atoms in total. The average Bonchev–Trinajstić information content (AvgIpc) is 2.89. The summed E-state index contributed by atoms with van der Waals surface area (Å²) in [6.45, 7) is 12.7. The highest BCUT2D eigenvalue weighted by molar-refractivity contribution is 5.78. The van der Waals surface area contributed by atoms with Crippen LogP contribution < -0.4 is 5.32 Å². The Bertz CT molecular complexity index is 343. The topological polar surface area (TPSA) is 44.8 Å². The van der Waals surface area contributed by atoms with Gasteiger partial charge in [0.05, 0.1) is 19.8 Å². The molecule has 1 amide bonds. The van der Waals surface area contributed by atoms with E-state index < -0.39 is 0 Å². The normalized spacial score (nSPS) is 25.5. The van der Waals surface area contributed by atoms with E-state index in [9.17, 15) is 4.79 Å². The lowest BCUT2D eigenvalue weighted by Gasteiger charge is -2.35. The molecule has 2 rings (SSSR count). The molecule has 2 unspecified atom stereocenters. The predicted octanol–water partition coefficient (Wildman–Crippen LogP) is 1.33. The minimum absolute atomic E-state index is 0.177. The van der Waals surface area contributed by atoms with E-state index in [-0.39, 0.29) is 5.91 Å². The molecule has 2 fully saturated rings. The number of hydrogen-bond acceptors (Lipinski definition) is 4. The molecular formula is C17H33N3O2. The number of ether oxygens (including phenoxy) is 1. The number of amides is 1. The van der Waals surface area contributed by atoms with Gasteiger partial charge in [-0.3, -0.25) is 14.6 Å². The minimum atomic E-state index is 0.177. The lowest BCUT2D eigenvalue weighted by Crippen LogP contribution is -2.50. The Labute approximate surface area is 135 Å². The number of morpholine rings is 1. The maximum atomic E-state index is 12.2. The van der Waals surface area contributed by atoms with Gasteiger partial charge in [0.15, 0.2) is 0 Å². The molecule has 0 aromatic carbocycles. The zero-order valence-corrected chi connectivity index (χ0v) is 14.5. The quantitative estimate of drug-likeness (QED) is 0.770. The molecule has 0 aromatic heterocycles. The van der Waals surface area contributed by atoms with Crippen LogP contribution >= 0.6 is 0 Å². The predicted molar refractivity (Wildman–Crippen MR) is 88.9 cm³/mol. The molecule has 2 heterocycles. The third kappa shape index (κ3) is 5.52. The van der Waals surface area contributed by atoms with Crippen molar-refractivity contribution in [3.63, 3.8) is 0 Å². The van der Waals surface area contributed by atoms with Gasteiger partial charge in [-0.1, -0.05) is 13.8 Å². The molecule has 0 spiro atoms. The fourth-order valence-corrected chi connectivity index (χ4v) is 3.55. The summed E-state index contributed by atoms with van der Waals surface area (Å²) in [5, 5.41) is 3.17. The van der Waals surface area contributed by atoms with E-state index in [1.807, 2.05) is 0 Å². The summed E-state index contributed by atoms with van der Waals surface area (Å²) in [4.78, 5) is 17.0. The minimum Gasteiger partial charge on any atom is -0.379 e. The van der Waals surface area contributed by atoms with Gasteiger partial charge in [0, 0.05) is 31.7 Å². The largest absolute Gasteiger partial charge is 0.379 e. The Hall–Kier alpha value is -0.650. The Morgan fingerprint density at radius 2 is 2.00 bits per heavy atom. The maximum absolute atomic E-state index is 12.2. The Morgan fingerprint density at radius 3 is 2.59 bits per heavy atom. The summed E-state index contributed by atoms with van der Waals surface area (Å²) in [6, 6.07) is 0.986. The third-order valence-electron chi connectivity index (χ3n) is 4.88. The van der Waals surface area contributed by atoms with Crippen LogP contribution in [0.4, 0.5) is 0 Å².